The largest absolute Gasteiger partial charge is 0.347 e. The number of carbonyl (C=O) groups is 2. The van der Waals surface area contributed by atoms with Crippen LogP contribution in [0.1, 0.15) is 42.1 Å². The predicted molar refractivity (Wildman–Crippen MR) is 127 cm³/mol. The molecule has 0 spiro atoms. The molecule has 2 heterocycles. The van der Waals surface area contributed by atoms with Crippen LogP contribution in [0.25, 0.3) is 10.9 Å². The second kappa shape index (κ2) is 8.96. The molecule has 2 atom stereocenters. The summed E-state index contributed by atoms with van der Waals surface area (Å²) in [5.74, 6) is -0.0154. The fourth-order valence-electron chi connectivity index (χ4n) is 4.96. The summed E-state index contributed by atoms with van der Waals surface area (Å²) in [7, 11) is 0. The van der Waals surface area contributed by atoms with Gasteiger partial charge in [-0.15, -0.1) is 0 Å². The lowest BCUT2D eigenvalue weighted by atomic mass is 9.89. The van der Waals surface area contributed by atoms with E-state index in [4.69, 9.17) is 11.6 Å². The number of nitrogens with one attached hydrogen (secondary N) is 2. The summed E-state index contributed by atoms with van der Waals surface area (Å²) in [6, 6.07) is 15.7. The van der Waals surface area contributed by atoms with Crippen LogP contribution in [0, 0.1) is 0 Å². The van der Waals surface area contributed by atoms with E-state index in [0.29, 0.717) is 18.7 Å². The number of amides is 2. The van der Waals surface area contributed by atoms with Gasteiger partial charge in [-0.1, -0.05) is 24.4 Å². The zero-order chi connectivity index (χ0) is 22.1. The number of nitrogens with zero attached hydrogens (tertiary/aromatic N) is 2. The Balaban J connectivity index is 1.32. The SMILES string of the molecule is O=C(NC1CCCCC1n1ccc2cc(Cl)ccc21)c1ccc(N2CCNCC2=O)cc1. The number of piperazine rings is 1. The predicted octanol–water partition coefficient (Wildman–Crippen LogP) is 4.14. The van der Waals surface area contributed by atoms with Crippen molar-refractivity contribution in [3.63, 3.8) is 0 Å². The molecule has 2 aliphatic rings. The van der Waals surface area contributed by atoms with Crippen molar-refractivity contribution >= 4 is 40.0 Å². The molecule has 2 aromatic carbocycles. The Bertz CT molecular complexity index is 1140. The monoisotopic (exact) mass is 450 g/mol. The molecular weight excluding hydrogens is 424 g/mol. The molecule has 1 aromatic heterocycles. The van der Waals surface area contributed by atoms with Crippen molar-refractivity contribution in [2.24, 2.45) is 0 Å². The molecule has 2 unspecified atom stereocenters. The second-order valence-electron chi connectivity index (χ2n) is 8.63. The van der Waals surface area contributed by atoms with E-state index in [9.17, 15) is 9.59 Å². The van der Waals surface area contributed by atoms with Gasteiger partial charge in [0.25, 0.3) is 5.91 Å². The summed E-state index contributed by atoms with van der Waals surface area (Å²) in [5, 5.41) is 8.20. The summed E-state index contributed by atoms with van der Waals surface area (Å²) in [5.41, 5.74) is 2.59. The number of carbonyl (C=O) groups excluding carboxylic acids is 2. The number of fused-ring (bicyclic) bond motifs is 1. The van der Waals surface area contributed by atoms with E-state index in [1.165, 1.54) is 0 Å². The minimum Gasteiger partial charge on any atom is -0.347 e. The Hall–Kier alpha value is -2.83. The number of aromatic nitrogens is 1. The first-order chi connectivity index (χ1) is 15.6. The van der Waals surface area contributed by atoms with Gasteiger partial charge in [-0.3, -0.25) is 9.59 Å². The Kier molecular flexibility index (Phi) is 5.89. The topological polar surface area (TPSA) is 66.4 Å². The fraction of sp³-hybridized carbons (Fsp3) is 0.360. The minimum atomic E-state index is -0.0698. The average Bonchev–Trinajstić information content (AvgIpc) is 3.23. The molecule has 5 rings (SSSR count). The summed E-state index contributed by atoms with van der Waals surface area (Å²) in [4.78, 5) is 26.9. The first-order valence-corrected chi connectivity index (χ1v) is 11.7. The summed E-state index contributed by atoms with van der Waals surface area (Å²) < 4.78 is 2.29. The Labute approximate surface area is 192 Å². The van der Waals surface area contributed by atoms with Crippen LogP contribution in [0.4, 0.5) is 5.69 Å². The van der Waals surface area contributed by atoms with Crippen LogP contribution in [-0.4, -0.2) is 42.1 Å². The zero-order valence-electron chi connectivity index (χ0n) is 17.9. The van der Waals surface area contributed by atoms with Crippen LogP contribution >= 0.6 is 11.6 Å². The smallest absolute Gasteiger partial charge is 0.251 e. The van der Waals surface area contributed by atoms with Crippen molar-refractivity contribution in [3.8, 4) is 0 Å². The fourth-order valence-corrected chi connectivity index (χ4v) is 5.14. The van der Waals surface area contributed by atoms with Gasteiger partial charge in [0.05, 0.1) is 12.6 Å². The average molecular weight is 451 g/mol. The molecule has 0 bridgehead atoms. The highest BCUT2D eigenvalue weighted by molar-refractivity contribution is 6.31. The van der Waals surface area contributed by atoms with Gasteiger partial charge in [-0.25, -0.2) is 0 Å². The molecule has 166 valence electrons. The molecule has 0 radical (unpaired) electrons. The molecule has 7 heteroatoms. The van der Waals surface area contributed by atoms with Crippen LogP contribution in [0.5, 0.6) is 0 Å². The number of anilines is 1. The van der Waals surface area contributed by atoms with Crippen molar-refractivity contribution in [2.45, 2.75) is 37.8 Å². The van der Waals surface area contributed by atoms with Crippen LogP contribution in [0.3, 0.4) is 0 Å². The molecule has 32 heavy (non-hydrogen) atoms. The standard InChI is InChI=1S/C25H27ClN4O2/c26-19-7-10-22-18(15-19)11-13-30(22)23-4-2-1-3-21(23)28-25(32)17-5-8-20(9-6-17)29-14-12-27-16-24(29)31/h5-11,13,15,21,23,27H,1-4,12,14,16H2,(H,28,32). The molecule has 1 aliphatic heterocycles. The van der Waals surface area contributed by atoms with Gasteiger partial charge in [0, 0.05) is 52.5 Å². The van der Waals surface area contributed by atoms with E-state index in [0.717, 1.165) is 53.8 Å². The second-order valence-corrected chi connectivity index (χ2v) is 9.06. The van der Waals surface area contributed by atoms with E-state index < -0.39 is 0 Å². The Morgan fingerprint density at radius 3 is 2.69 bits per heavy atom. The molecule has 1 saturated heterocycles. The number of rotatable bonds is 4. The lowest BCUT2D eigenvalue weighted by Crippen LogP contribution is -2.48. The van der Waals surface area contributed by atoms with E-state index >= 15 is 0 Å². The first kappa shape index (κ1) is 21.0. The highest BCUT2D eigenvalue weighted by Gasteiger charge is 2.29. The molecule has 2 amide bonds. The third-order valence-corrected chi connectivity index (χ3v) is 6.85. The van der Waals surface area contributed by atoms with Crippen molar-refractivity contribution in [1.29, 1.82) is 0 Å². The van der Waals surface area contributed by atoms with Crippen LogP contribution in [0.15, 0.2) is 54.7 Å². The lowest BCUT2D eigenvalue weighted by molar-refractivity contribution is -0.118. The molecule has 6 nitrogen and oxygen atoms in total. The van der Waals surface area contributed by atoms with Gasteiger partial charge in [0.15, 0.2) is 0 Å². The minimum absolute atomic E-state index is 0.0544. The van der Waals surface area contributed by atoms with E-state index in [1.807, 2.05) is 36.4 Å². The molecule has 3 aromatic rings. The number of benzene rings is 2. The van der Waals surface area contributed by atoms with Crippen molar-refractivity contribution in [3.05, 3.63) is 65.3 Å². The summed E-state index contributed by atoms with van der Waals surface area (Å²) in [6.45, 7) is 1.77. The summed E-state index contributed by atoms with van der Waals surface area (Å²) >= 11 is 6.16. The van der Waals surface area contributed by atoms with Gasteiger partial charge in [-0.05, 0) is 61.4 Å². The van der Waals surface area contributed by atoms with Crippen LogP contribution in [-0.2, 0) is 4.79 Å². The Morgan fingerprint density at radius 1 is 1.06 bits per heavy atom. The van der Waals surface area contributed by atoms with Gasteiger partial charge in [0.2, 0.25) is 5.91 Å². The molecule has 2 N–H and O–H groups in total. The quantitative estimate of drug-likeness (QED) is 0.627. The third kappa shape index (κ3) is 4.12. The third-order valence-electron chi connectivity index (χ3n) is 6.62. The van der Waals surface area contributed by atoms with Crippen molar-refractivity contribution in [2.75, 3.05) is 24.5 Å². The lowest BCUT2D eigenvalue weighted by Gasteiger charge is -2.34. The first-order valence-electron chi connectivity index (χ1n) is 11.3. The van der Waals surface area contributed by atoms with Crippen molar-refractivity contribution in [1.82, 2.24) is 15.2 Å². The summed E-state index contributed by atoms with van der Waals surface area (Å²) in [6.07, 6.45) is 6.35. The van der Waals surface area contributed by atoms with Crippen LogP contribution < -0.4 is 15.5 Å². The van der Waals surface area contributed by atoms with Crippen LogP contribution in [0.2, 0.25) is 5.02 Å². The highest BCUT2D eigenvalue weighted by Crippen LogP contribution is 2.33. The maximum atomic E-state index is 13.1. The van der Waals surface area contributed by atoms with Gasteiger partial charge >= 0.3 is 0 Å². The zero-order valence-corrected chi connectivity index (χ0v) is 18.6. The maximum absolute atomic E-state index is 13.1. The van der Waals surface area contributed by atoms with E-state index in [2.05, 4.69) is 33.5 Å². The van der Waals surface area contributed by atoms with Gasteiger partial charge in [-0.2, -0.15) is 0 Å². The molecule has 2 fully saturated rings. The van der Waals surface area contributed by atoms with Gasteiger partial charge in [0.1, 0.15) is 0 Å². The molecule has 1 aliphatic carbocycles. The number of halogens is 1. The van der Waals surface area contributed by atoms with Gasteiger partial charge < -0.3 is 20.1 Å². The normalized spacial score (nSPS) is 21.7. The van der Waals surface area contributed by atoms with E-state index in [1.54, 1.807) is 4.90 Å². The van der Waals surface area contributed by atoms with E-state index in [-0.39, 0.29) is 23.9 Å². The maximum Gasteiger partial charge on any atom is 0.251 e. The number of hydrogen-bond donors (Lipinski definition) is 2. The van der Waals surface area contributed by atoms with Crippen molar-refractivity contribution < 1.29 is 9.59 Å². The Morgan fingerprint density at radius 2 is 1.88 bits per heavy atom. The highest BCUT2D eigenvalue weighted by atomic mass is 35.5. The number of hydrogen-bond acceptors (Lipinski definition) is 3. The molecule has 1 saturated carbocycles. The molecular formula is C25H27ClN4O2.